The van der Waals surface area contributed by atoms with Crippen LogP contribution in [0.5, 0.6) is 0 Å². The van der Waals surface area contributed by atoms with Crippen LogP contribution in [0.15, 0.2) is 18.2 Å². The summed E-state index contributed by atoms with van der Waals surface area (Å²) >= 11 is 0. The number of hydrogen-bond acceptors (Lipinski definition) is 2. The van der Waals surface area contributed by atoms with E-state index in [0.29, 0.717) is 5.82 Å². The molecule has 1 heterocycles. The highest BCUT2D eigenvalue weighted by molar-refractivity contribution is 5.71. The largest absolute Gasteiger partial charge is 0.382 e. The van der Waals surface area contributed by atoms with Crippen LogP contribution >= 0.6 is 0 Å². The number of nitrogens with one attached hydrogen (secondary N) is 1. The smallest absolute Gasteiger partial charge is 0.148 e. The summed E-state index contributed by atoms with van der Waals surface area (Å²) in [5, 5.41) is 7.11. The van der Waals surface area contributed by atoms with Crippen molar-refractivity contribution in [1.82, 2.24) is 10.2 Å². The highest BCUT2D eigenvalue weighted by atomic mass is 15.2. The van der Waals surface area contributed by atoms with E-state index in [0.717, 1.165) is 11.3 Å². The molecule has 1 aromatic carbocycles. The van der Waals surface area contributed by atoms with Gasteiger partial charge < -0.3 is 5.73 Å². The summed E-state index contributed by atoms with van der Waals surface area (Å²) < 4.78 is 0. The first-order valence-electron chi connectivity index (χ1n) is 6.22. The Morgan fingerprint density at radius 2 is 1.83 bits per heavy atom. The molecule has 0 unspecified atom stereocenters. The molecule has 0 aliphatic rings. The SMILES string of the molecule is Cc1ccc(C(C)(C)C)cc1-c1[nH]nc(N)c1C. The molecule has 3 nitrogen and oxygen atoms in total. The fourth-order valence-corrected chi connectivity index (χ4v) is 2.03. The maximum absolute atomic E-state index is 5.81. The van der Waals surface area contributed by atoms with Gasteiger partial charge in [-0.25, -0.2) is 0 Å². The average Bonchev–Trinajstić information content (AvgIpc) is 2.59. The summed E-state index contributed by atoms with van der Waals surface area (Å²) in [7, 11) is 0. The van der Waals surface area contributed by atoms with E-state index in [9.17, 15) is 0 Å². The Morgan fingerprint density at radius 3 is 2.33 bits per heavy atom. The molecule has 0 amide bonds. The molecule has 2 rings (SSSR count). The van der Waals surface area contributed by atoms with E-state index in [1.54, 1.807) is 0 Å². The molecule has 0 fully saturated rings. The lowest BCUT2D eigenvalue weighted by Crippen LogP contribution is -2.11. The number of nitrogens with zero attached hydrogens (tertiary/aromatic N) is 1. The van der Waals surface area contributed by atoms with Crippen LogP contribution in [0, 0.1) is 13.8 Å². The van der Waals surface area contributed by atoms with Gasteiger partial charge in [-0.15, -0.1) is 0 Å². The topological polar surface area (TPSA) is 54.7 Å². The third kappa shape index (κ3) is 2.13. The van der Waals surface area contributed by atoms with Crippen molar-refractivity contribution < 1.29 is 0 Å². The highest BCUT2D eigenvalue weighted by Crippen LogP contribution is 2.31. The molecule has 0 aliphatic heterocycles. The molecule has 18 heavy (non-hydrogen) atoms. The lowest BCUT2D eigenvalue weighted by Gasteiger charge is -2.20. The Kier molecular flexibility index (Phi) is 2.93. The van der Waals surface area contributed by atoms with Crippen LogP contribution in [-0.4, -0.2) is 10.2 Å². The van der Waals surface area contributed by atoms with Crippen LogP contribution in [0.4, 0.5) is 5.82 Å². The molecule has 0 saturated heterocycles. The summed E-state index contributed by atoms with van der Waals surface area (Å²) in [5.74, 6) is 0.575. The fourth-order valence-electron chi connectivity index (χ4n) is 2.03. The van der Waals surface area contributed by atoms with E-state index in [2.05, 4.69) is 56.1 Å². The van der Waals surface area contributed by atoms with Crippen molar-refractivity contribution in [2.45, 2.75) is 40.0 Å². The number of nitrogens with two attached hydrogens (primary N) is 1. The number of H-pyrrole nitrogens is 1. The van der Waals surface area contributed by atoms with Gasteiger partial charge in [0.25, 0.3) is 0 Å². The number of benzene rings is 1. The molecular weight excluding hydrogens is 222 g/mol. The molecule has 0 aliphatic carbocycles. The van der Waals surface area contributed by atoms with Crippen LogP contribution in [0.1, 0.15) is 37.5 Å². The highest BCUT2D eigenvalue weighted by Gasteiger charge is 2.17. The molecule has 1 aromatic heterocycles. The fraction of sp³-hybridized carbons (Fsp3) is 0.400. The number of rotatable bonds is 1. The molecule has 0 radical (unpaired) electrons. The Hall–Kier alpha value is -1.77. The number of aromatic amines is 1. The van der Waals surface area contributed by atoms with Crippen molar-refractivity contribution >= 4 is 5.82 Å². The van der Waals surface area contributed by atoms with E-state index in [4.69, 9.17) is 5.73 Å². The van der Waals surface area contributed by atoms with Crippen molar-refractivity contribution in [3.05, 3.63) is 34.9 Å². The summed E-state index contributed by atoms with van der Waals surface area (Å²) in [6, 6.07) is 6.58. The lowest BCUT2D eigenvalue weighted by atomic mass is 9.84. The monoisotopic (exact) mass is 243 g/mol. The molecule has 96 valence electrons. The third-order valence-corrected chi connectivity index (χ3v) is 3.42. The normalized spacial score (nSPS) is 11.8. The van der Waals surface area contributed by atoms with Gasteiger partial charge in [0.05, 0.1) is 5.69 Å². The van der Waals surface area contributed by atoms with Crippen molar-refractivity contribution in [3.63, 3.8) is 0 Å². The van der Waals surface area contributed by atoms with Crippen molar-refractivity contribution in [3.8, 4) is 11.3 Å². The number of aryl methyl sites for hydroxylation is 1. The predicted octanol–water partition coefficient (Wildman–Crippen LogP) is 3.57. The number of aromatic nitrogens is 2. The van der Waals surface area contributed by atoms with Crippen LogP contribution in [-0.2, 0) is 5.41 Å². The van der Waals surface area contributed by atoms with Crippen molar-refractivity contribution in [2.24, 2.45) is 0 Å². The molecule has 0 saturated carbocycles. The zero-order valence-electron chi connectivity index (χ0n) is 11.8. The van der Waals surface area contributed by atoms with E-state index < -0.39 is 0 Å². The van der Waals surface area contributed by atoms with E-state index >= 15 is 0 Å². The van der Waals surface area contributed by atoms with Crippen LogP contribution in [0.3, 0.4) is 0 Å². The second-order valence-electron chi connectivity index (χ2n) is 5.89. The number of hydrogen-bond donors (Lipinski definition) is 2. The zero-order chi connectivity index (χ0) is 13.5. The zero-order valence-corrected chi connectivity index (χ0v) is 11.8. The summed E-state index contributed by atoms with van der Waals surface area (Å²) in [6.45, 7) is 10.8. The van der Waals surface area contributed by atoms with Crippen LogP contribution in [0.2, 0.25) is 0 Å². The Bertz CT molecular complexity index is 574. The third-order valence-electron chi connectivity index (χ3n) is 3.42. The van der Waals surface area contributed by atoms with Gasteiger partial charge in [0, 0.05) is 11.1 Å². The van der Waals surface area contributed by atoms with E-state index in [1.807, 2.05) is 6.92 Å². The number of anilines is 1. The molecule has 0 bridgehead atoms. The molecule has 2 aromatic rings. The van der Waals surface area contributed by atoms with Gasteiger partial charge in [-0.1, -0.05) is 32.9 Å². The Balaban J connectivity index is 2.61. The van der Waals surface area contributed by atoms with E-state index in [1.165, 1.54) is 16.7 Å². The Morgan fingerprint density at radius 1 is 1.17 bits per heavy atom. The van der Waals surface area contributed by atoms with Crippen molar-refractivity contribution in [2.75, 3.05) is 5.73 Å². The minimum Gasteiger partial charge on any atom is -0.382 e. The maximum atomic E-state index is 5.81. The predicted molar refractivity (Wildman–Crippen MR) is 76.6 cm³/mol. The summed E-state index contributed by atoms with van der Waals surface area (Å²) in [6.07, 6.45) is 0. The molecule has 0 atom stereocenters. The maximum Gasteiger partial charge on any atom is 0.148 e. The number of nitrogen functional groups attached to an aromatic ring is 1. The van der Waals surface area contributed by atoms with Crippen LogP contribution < -0.4 is 5.73 Å². The molecule has 3 heteroatoms. The first-order chi connectivity index (χ1) is 8.30. The minimum absolute atomic E-state index is 0.141. The first-order valence-corrected chi connectivity index (χ1v) is 6.22. The van der Waals surface area contributed by atoms with Gasteiger partial charge in [-0.05, 0) is 36.5 Å². The van der Waals surface area contributed by atoms with Gasteiger partial charge in [0.15, 0.2) is 0 Å². The van der Waals surface area contributed by atoms with E-state index in [-0.39, 0.29) is 5.41 Å². The van der Waals surface area contributed by atoms with Crippen LogP contribution in [0.25, 0.3) is 11.3 Å². The molecular formula is C15H21N3. The van der Waals surface area contributed by atoms with Gasteiger partial charge >= 0.3 is 0 Å². The van der Waals surface area contributed by atoms with Crippen molar-refractivity contribution in [1.29, 1.82) is 0 Å². The summed E-state index contributed by atoms with van der Waals surface area (Å²) in [5.41, 5.74) is 11.7. The second-order valence-corrected chi connectivity index (χ2v) is 5.89. The minimum atomic E-state index is 0.141. The Labute approximate surface area is 108 Å². The van der Waals surface area contributed by atoms with Gasteiger partial charge in [0.1, 0.15) is 5.82 Å². The standard InChI is InChI=1S/C15H21N3/c1-9-6-7-11(15(3,4)5)8-12(9)13-10(2)14(16)18-17-13/h6-8H,1-5H3,(H3,16,17,18). The first kappa shape index (κ1) is 12.7. The van der Waals surface area contributed by atoms with Gasteiger partial charge in [-0.3, -0.25) is 5.10 Å². The summed E-state index contributed by atoms with van der Waals surface area (Å²) in [4.78, 5) is 0. The molecule has 0 spiro atoms. The second kappa shape index (κ2) is 4.16. The average molecular weight is 243 g/mol. The van der Waals surface area contributed by atoms with Gasteiger partial charge in [-0.2, -0.15) is 5.10 Å². The van der Waals surface area contributed by atoms with Gasteiger partial charge in [0.2, 0.25) is 0 Å². The quantitative estimate of drug-likeness (QED) is 0.804. The lowest BCUT2D eigenvalue weighted by molar-refractivity contribution is 0.590. The molecule has 3 N–H and O–H groups in total.